The molecule has 0 unspecified atom stereocenters. The van der Waals surface area contributed by atoms with Crippen LogP contribution >= 0.6 is 15.9 Å². The Morgan fingerprint density at radius 2 is 2.06 bits per heavy atom. The number of hydrogen-bond acceptors (Lipinski definition) is 2. The molecule has 0 amide bonds. The molecular weight excluding hydrogens is 268 g/mol. The molecule has 16 heavy (non-hydrogen) atoms. The Labute approximate surface area is 102 Å². The van der Waals surface area contributed by atoms with Gasteiger partial charge in [-0.1, -0.05) is 28.1 Å². The molecule has 0 aliphatic carbocycles. The molecule has 1 aromatic heterocycles. The first-order chi connectivity index (χ1) is 7.65. The van der Waals surface area contributed by atoms with E-state index in [1.165, 1.54) is 0 Å². The predicted octanol–water partition coefficient (Wildman–Crippen LogP) is 2.61. The van der Waals surface area contributed by atoms with Gasteiger partial charge in [0.2, 0.25) is 0 Å². The Hall–Kier alpha value is -1.42. The summed E-state index contributed by atoms with van der Waals surface area (Å²) in [6, 6.07) is 7.76. The highest BCUT2D eigenvalue weighted by Crippen LogP contribution is 2.12. The molecular formula is C12H11BrN2O. The van der Waals surface area contributed by atoms with E-state index in [1.54, 1.807) is 24.1 Å². The number of hydrogen-bond donors (Lipinski definition) is 0. The van der Waals surface area contributed by atoms with Crippen molar-refractivity contribution in [1.29, 1.82) is 0 Å². The molecule has 0 saturated heterocycles. The van der Waals surface area contributed by atoms with Crippen molar-refractivity contribution in [2.75, 3.05) is 0 Å². The van der Waals surface area contributed by atoms with Gasteiger partial charge in [-0.2, -0.15) is 5.10 Å². The number of aromatic nitrogens is 2. The monoisotopic (exact) mass is 278 g/mol. The molecule has 3 nitrogen and oxygen atoms in total. The van der Waals surface area contributed by atoms with Crippen LogP contribution in [0.2, 0.25) is 0 Å². The summed E-state index contributed by atoms with van der Waals surface area (Å²) in [5.74, 6) is 0.0930. The lowest BCUT2D eigenvalue weighted by Gasteiger charge is -1.99. The van der Waals surface area contributed by atoms with E-state index in [1.807, 2.05) is 24.3 Å². The van der Waals surface area contributed by atoms with E-state index in [9.17, 15) is 4.79 Å². The Morgan fingerprint density at radius 3 is 2.62 bits per heavy atom. The smallest absolute Gasteiger partial charge is 0.170 e. The summed E-state index contributed by atoms with van der Waals surface area (Å²) in [5, 5.41) is 3.98. The van der Waals surface area contributed by atoms with Crippen molar-refractivity contribution in [3.63, 3.8) is 0 Å². The summed E-state index contributed by atoms with van der Waals surface area (Å²) in [4.78, 5) is 11.8. The summed E-state index contributed by atoms with van der Waals surface area (Å²) in [7, 11) is 1.80. The number of Topliss-reactive ketones (excluding diaryl/α,β-unsaturated/α-hetero) is 1. The molecule has 0 atom stereocenters. The van der Waals surface area contributed by atoms with Crippen molar-refractivity contribution >= 4 is 21.7 Å². The number of aryl methyl sites for hydroxylation is 1. The number of halogens is 1. The van der Waals surface area contributed by atoms with Crippen LogP contribution in [-0.2, 0) is 13.5 Å². The van der Waals surface area contributed by atoms with Gasteiger partial charge in [-0.05, 0) is 17.7 Å². The van der Waals surface area contributed by atoms with Crippen molar-refractivity contribution < 1.29 is 4.79 Å². The first-order valence-corrected chi connectivity index (χ1v) is 5.71. The third-order valence-corrected chi connectivity index (χ3v) is 2.83. The molecule has 0 bridgehead atoms. The maximum atomic E-state index is 11.8. The molecule has 0 saturated carbocycles. The Kier molecular flexibility index (Phi) is 3.19. The Bertz CT molecular complexity index is 502. The molecule has 0 aliphatic heterocycles. The predicted molar refractivity (Wildman–Crippen MR) is 65.4 cm³/mol. The van der Waals surface area contributed by atoms with Crippen LogP contribution in [0.4, 0.5) is 0 Å². The number of ketones is 1. The van der Waals surface area contributed by atoms with Gasteiger partial charge in [-0.25, -0.2) is 0 Å². The minimum Gasteiger partial charge on any atom is -0.294 e. The summed E-state index contributed by atoms with van der Waals surface area (Å²) in [5.41, 5.74) is 1.67. The molecule has 2 aromatic rings. The topological polar surface area (TPSA) is 34.9 Å². The van der Waals surface area contributed by atoms with Gasteiger partial charge < -0.3 is 0 Å². The molecule has 0 fully saturated rings. The van der Waals surface area contributed by atoms with Crippen molar-refractivity contribution in [2.24, 2.45) is 7.05 Å². The van der Waals surface area contributed by atoms with Gasteiger partial charge in [0.05, 0.1) is 11.8 Å². The van der Waals surface area contributed by atoms with Gasteiger partial charge in [-0.15, -0.1) is 0 Å². The standard InChI is InChI=1S/C12H11BrN2O/c1-15-8-10(7-14-15)12(16)6-9-2-4-11(13)5-3-9/h2-5,7-8H,6H2,1H3. The van der Waals surface area contributed by atoms with Crippen LogP contribution in [0.3, 0.4) is 0 Å². The van der Waals surface area contributed by atoms with Crippen LogP contribution in [0.25, 0.3) is 0 Å². The van der Waals surface area contributed by atoms with E-state index in [-0.39, 0.29) is 5.78 Å². The number of benzene rings is 1. The van der Waals surface area contributed by atoms with Crippen LogP contribution < -0.4 is 0 Å². The average molecular weight is 279 g/mol. The molecule has 2 rings (SSSR count). The zero-order valence-electron chi connectivity index (χ0n) is 8.85. The first-order valence-electron chi connectivity index (χ1n) is 4.91. The maximum Gasteiger partial charge on any atom is 0.170 e. The lowest BCUT2D eigenvalue weighted by molar-refractivity contribution is 0.0993. The van der Waals surface area contributed by atoms with E-state index in [2.05, 4.69) is 21.0 Å². The molecule has 4 heteroatoms. The largest absolute Gasteiger partial charge is 0.294 e. The number of carbonyl (C=O) groups is 1. The Morgan fingerprint density at radius 1 is 1.38 bits per heavy atom. The van der Waals surface area contributed by atoms with Gasteiger partial charge in [0, 0.05) is 24.1 Å². The van der Waals surface area contributed by atoms with E-state index >= 15 is 0 Å². The second-order valence-electron chi connectivity index (χ2n) is 3.63. The second kappa shape index (κ2) is 4.61. The van der Waals surface area contributed by atoms with Crippen molar-refractivity contribution in [2.45, 2.75) is 6.42 Å². The lowest BCUT2D eigenvalue weighted by Crippen LogP contribution is -2.02. The third kappa shape index (κ3) is 2.58. The van der Waals surface area contributed by atoms with Gasteiger partial charge in [0.15, 0.2) is 5.78 Å². The minimum absolute atomic E-state index is 0.0930. The first kappa shape index (κ1) is 11.1. The van der Waals surface area contributed by atoms with Gasteiger partial charge in [-0.3, -0.25) is 9.48 Å². The molecule has 0 spiro atoms. The van der Waals surface area contributed by atoms with Crippen LogP contribution in [0.15, 0.2) is 41.1 Å². The molecule has 1 aromatic carbocycles. The number of nitrogens with zero attached hydrogens (tertiary/aromatic N) is 2. The highest BCUT2D eigenvalue weighted by molar-refractivity contribution is 9.10. The normalized spacial score (nSPS) is 10.4. The van der Waals surface area contributed by atoms with Crippen molar-refractivity contribution in [3.05, 3.63) is 52.3 Å². The summed E-state index contributed by atoms with van der Waals surface area (Å²) < 4.78 is 2.65. The van der Waals surface area contributed by atoms with Crippen molar-refractivity contribution in [1.82, 2.24) is 9.78 Å². The fourth-order valence-electron chi connectivity index (χ4n) is 1.45. The van der Waals surface area contributed by atoms with E-state index < -0.39 is 0 Å². The van der Waals surface area contributed by atoms with Crippen LogP contribution in [0.1, 0.15) is 15.9 Å². The van der Waals surface area contributed by atoms with Crippen LogP contribution in [0, 0.1) is 0 Å². The molecule has 82 valence electrons. The van der Waals surface area contributed by atoms with E-state index in [0.717, 1.165) is 10.0 Å². The number of rotatable bonds is 3. The molecule has 1 heterocycles. The SMILES string of the molecule is Cn1cc(C(=O)Cc2ccc(Br)cc2)cn1. The maximum absolute atomic E-state index is 11.8. The zero-order valence-corrected chi connectivity index (χ0v) is 10.4. The van der Waals surface area contributed by atoms with Gasteiger partial charge in [0.1, 0.15) is 0 Å². The second-order valence-corrected chi connectivity index (χ2v) is 4.54. The zero-order chi connectivity index (χ0) is 11.5. The minimum atomic E-state index is 0.0930. The van der Waals surface area contributed by atoms with E-state index in [4.69, 9.17) is 0 Å². The third-order valence-electron chi connectivity index (χ3n) is 2.30. The summed E-state index contributed by atoms with van der Waals surface area (Å²) in [6.07, 6.45) is 3.75. The summed E-state index contributed by atoms with van der Waals surface area (Å²) in [6.45, 7) is 0. The molecule has 0 aliphatic rings. The average Bonchev–Trinajstić information content (AvgIpc) is 2.68. The highest BCUT2D eigenvalue weighted by Gasteiger charge is 2.08. The quantitative estimate of drug-likeness (QED) is 0.809. The van der Waals surface area contributed by atoms with Crippen molar-refractivity contribution in [3.8, 4) is 0 Å². The van der Waals surface area contributed by atoms with Crippen LogP contribution in [-0.4, -0.2) is 15.6 Å². The highest BCUT2D eigenvalue weighted by atomic mass is 79.9. The molecule has 0 radical (unpaired) electrons. The number of carbonyl (C=O) groups excluding carboxylic acids is 1. The van der Waals surface area contributed by atoms with Crippen LogP contribution in [0.5, 0.6) is 0 Å². The fourth-order valence-corrected chi connectivity index (χ4v) is 1.72. The fraction of sp³-hybridized carbons (Fsp3) is 0.167. The Balaban J connectivity index is 2.10. The summed E-state index contributed by atoms with van der Waals surface area (Å²) >= 11 is 3.36. The van der Waals surface area contributed by atoms with E-state index in [0.29, 0.717) is 12.0 Å². The van der Waals surface area contributed by atoms with Gasteiger partial charge in [0.25, 0.3) is 0 Å². The lowest BCUT2D eigenvalue weighted by atomic mass is 10.1. The van der Waals surface area contributed by atoms with Gasteiger partial charge >= 0.3 is 0 Å². The molecule has 0 N–H and O–H groups in total.